The van der Waals surface area contributed by atoms with Crippen LogP contribution in [0.3, 0.4) is 0 Å². The fourth-order valence-corrected chi connectivity index (χ4v) is 2.78. The third-order valence-electron chi connectivity index (χ3n) is 2.63. The van der Waals surface area contributed by atoms with Crippen molar-refractivity contribution in [2.45, 2.75) is 38.6 Å². The van der Waals surface area contributed by atoms with E-state index in [2.05, 4.69) is 11.9 Å². The first-order valence-electron chi connectivity index (χ1n) is 5.13. The van der Waals surface area contributed by atoms with Gasteiger partial charge >= 0.3 is 0 Å². The first-order chi connectivity index (χ1) is 6.27. The second-order valence-corrected chi connectivity index (χ2v) is 4.89. The molecule has 1 aliphatic rings. The van der Waals surface area contributed by atoms with Crippen LogP contribution < -0.4 is 5.73 Å². The quantitative estimate of drug-likeness (QED) is 0.548. The summed E-state index contributed by atoms with van der Waals surface area (Å²) in [5.41, 5.74) is 5.87. The fourth-order valence-electron chi connectivity index (χ4n) is 1.88. The molecule has 0 aromatic carbocycles. The molecule has 0 unspecified atom stereocenters. The van der Waals surface area contributed by atoms with Gasteiger partial charge in [-0.25, -0.2) is 0 Å². The predicted molar refractivity (Wildman–Crippen MR) is 61.4 cm³/mol. The van der Waals surface area contributed by atoms with E-state index in [9.17, 15) is 0 Å². The first-order valence-corrected chi connectivity index (χ1v) is 6.11. The Morgan fingerprint density at radius 1 is 1.38 bits per heavy atom. The van der Waals surface area contributed by atoms with Crippen LogP contribution in [0.1, 0.15) is 32.6 Å². The molecule has 0 spiro atoms. The minimum Gasteiger partial charge on any atom is -0.328 e. The highest BCUT2D eigenvalue weighted by molar-refractivity contribution is 8.13. The number of thioether (sulfide) groups is 1. The van der Waals surface area contributed by atoms with Crippen LogP contribution in [0.5, 0.6) is 0 Å². The normalized spacial score (nSPS) is 30.5. The second kappa shape index (κ2) is 5.66. The van der Waals surface area contributed by atoms with Crippen LogP contribution in [0.2, 0.25) is 0 Å². The molecule has 3 heteroatoms. The van der Waals surface area contributed by atoms with Gasteiger partial charge in [0.15, 0.2) is 0 Å². The van der Waals surface area contributed by atoms with Crippen molar-refractivity contribution < 1.29 is 0 Å². The van der Waals surface area contributed by atoms with Gasteiger partial charge in [-0.3, -0.25) is 4.99 Å². The summed E-state index contributed by atoms with van der Waals surface area (Å²) in [6.07, 6.45) is 4.82. The van der Waals surface area contributed by atoms with Crippen LogP contribution in [0.25, 0.3) is 0 Å². The number of nitrogens with zero attached hydrogens (tertiary/aromatic N) is 1. The SMILES string of the molecule is CCSC(=NC)C1CCC(N)CC1. The number of hydrogen-bond acceptors (Lipinski definition) is 3. The van der Waals surface area contributed by atoms with Gasteiger partial charge in [-0.2, -0.15) is 0 Å². The third kappa shape index (κ3) is 3.31. The van der Waals surface area contributed by atoms with Crippen LogP contribution in [-0.2, 0) is 0 Å². The summed E-state index contributed by atoms with van der Waals surface area (Å²) in [7, 11) is 1.91. The molecular weight excluding hydrogens is 180 g/mol. The Hall–Kier alpha value is -0.0200. The van der Waals surface area contributed by atoms with Crippen molar-refractivity contribution in [2.24, 2.45) is 16.6 Å². The van der Waals surface area contributed by atoms with Crippen molar-refractivity contribution in [3.63, 3.8) is 0 Å². The van der Waals surface area contributed by atoms with Crippen molar-refractivity contribution >= 4 is 16.8 Å². The van der Waals surface area contributed by atoms with Crippen LogP contribution in [-0.4, -0.2) is 23.9 Å². The molecule has 0 aromatic rings. The van der Waals surface area contributed by atoms with Crippen molar-refractivity contribution in [1.29, 1.82) is 0 Å². The van der Waals surface area contributed by atoms with Crippen molar-refractivity contribution in [3.8, 4) is 0 Å². The summed E-state index contributed by atoms with van der Waals surface area (Å²) in [6.45, 7) is 2.18. The zero-order valence-corrected chi connectivity index (χ0v) is 9.44. The lowest BCUT2D eigenvalue weighted by molar-refractivity contribution is 0.394. The zero-order chi connectivity index (χ0) is 9.68. The largest absolute Gasteiger partial charge is 0.328 e. The van der Waals surface area contributed by atoms with Gasteiger partial charge in [-0.05, 0) is 31.4 Å². The molecule has 0 radical (unpaired) electrons. The molecule has 1 saturated carbocycles. The summed E-state index contributed by atoms with van der Waals surface area (Å²) >= 11 is 1.89. The molecule has 2 N–H and O–H groups in total. The number of nitrogens with two attached hydrogens (primary N) is 1. The summed E-state index contributed by atoms with van der Waals surface area (Å²) in [6, 6.07) is 0.445. The number of hydrogen-bond donors (Lipinski definition) is 1. The molecule has 1 aliphatic carbocycles. The molecule has 13 heavy (non-hydrogen) atoms. The van der Waals surface area contributed by atoms with Gasteiger partial charge in [-0.15, -0.1) is 11.8 Å². The maximum Gasteiger partial charge on any atom is 0.0703 e. The van der Waals surface area contributed by atoms with E-state index in [0.29, 0.717) is 12.0 Å². The lowest BCUT2D eigenvalue weighted by Crippen LogP contribution is -2.29. The highest BCUT2D eigenvalue weighted by Gasteiger charge is 2.22. The van der Waals surface area contributed by atoms with E-state index in [-0.39, 0.29) is 0 Å². The Morgan fingerprint density at radius 2 is 2.00 bits per heavy atom. The Bertz CT molecular complexity index is 172. The molecule has 0 atom stereocenters. The lowest BCUT2D eigenvalue weighted by Gasteiger charge is -2.26. The minimum atomic E-state index is 0.445. The molecular formula is C10H20N2S. The lowest BCUT2D eigenvalue weighted by atomic mass is 9.87. The highest BCUT2D eigenvalue weighted by atomic mass is 32.2. The smallest absolute Gasteiger partial charge is 0.0703 e. The Labute approximate surface area is 85.4 Å². The zero-order valence-electron chi connectivity index (χ0n) is 8.62. The third-order valence-corrected chi connectivity index (χ3v) is 3.73. The minimum absolute atomic E-state index is 0.445. The van der Waals surface area contributed by atoms with Gasteiger partial charge < -0.3 is 5.73 Å². The molecule has 0 aromatic heterocycles. The molecule has 1 fully saturated rings. The van der Waals surface area contributed by atoms with Crippen LogP contribution in [0.4, 0.5) is 0 Å². The van der Waals surface area contributed by atoms with Gasteiger partial charge in [-0.1, -0.05) is 6.92 Å². The fraction of sp³-hybridized carbons (Fsp3) is 0.900. The highest BCUT2D eigenvalue weighted by Crippen LogP contribution is 2.28. The molecule has 2 nitrogen and oxygen atoms in total. The van der Waals surface area contributed by atoms with E-state index in [0.717, 1.165) is 5.75 Å². The molecule has 0 amide bonds. The molecule has 0 saturated heterocycles. The van der Waals surface area contributed by atoms with Gasteiger partial charge in [0, 0.05) is 19.0 Å². The average molecular weight is 200 g/mol. The van der Waals surface area contributed by atoms with Crippen molar-refractivity contribution in [2.75, 3.05) is 12.8 Å². The number of rotatable bonds is 2. The van der Waals surface area contributed by atoms with Gasteiger partial charge in [0.25, 0.3) is 0 Å². The Kier molecular flexibility index (Phi) is 4.81. The van der Waals surface area contributed by atoms with Crippen LogP contribution in [0, 0.1) is 5.92 Å². The Morgan fingerprint density at radius 3 is 2.46 bits per heavy atom. The molecule has 0 bridgehead atoms. The van der Waals surface area contributed by atoms with Crippen LogP contribution >= 0.6 is 11.8 Å². The van der Waals surface area contributed by atoms with E-state index in [4.69, 9.17) is 5.73 Å². The van der Waals surface area contributed by atoms with E-state index in [1.165, 1.54) is 30.7 Å². The van der Waals surface area contributed by atoms with E-state index in [1.807, 2.05) is 18.8 Å². The molecule has 76 valence electrons. The monoisotopic (exact) mass is 200 g/mol. The molecule has 1 rings (SSSR count). The van der Waals surface area contributed by atoms with E-state index >= 15 is 0 Å². The summed E-state index contributed by atoms with van der Waals surface area (Å²) in [5, 5.41) is 1.34. The number of aliphatic imine (C=N–C) groups is 1. The van der Waals surface area contributed by atoms with E-state index < -0.39 is 0 Å². The maximum absolute atomic E-state index is 5.87. The van der Waals surface area contributed by atoms with Gasteiger partial charge in [0.05, 0.1) is 5.04 Å². The van der Waals surface area contributed by atoms with Gasteiger partial charge in [0.1, 0.15) is 0 Å². The van der Waals surface area contributed by atoms with E-state index in [1.54, 1.807) is 0 Å². The molecule has 0 aliphatic heterocycles. The summed E-state index contributed by atoms with van der Waals surface area (Å²) < 4.78 is 0. The standard InChI is InChI=1S/C10H20N2S/c1-3-13-10(12-2)8-4-6-9(11)7-5-8/h8-9H,3-7,11H2,1-2H3. The second-order valence-electron chi connectivity index (χ2n) is 3.61. The van der Waals surface area contributed by atoms with Crippen LogP contribution in [0.15, 0.2) is 4.99 Å². The predicted octanol–water partition coefficient (Wildman–Crippen LogP) is 2.29. The molecule has 0 heterocycles. The summed E-state index contributed by atoms with van der Waals surface area (Å²) in [4.78, 5) is 4.37. The van der Waals surface area contributed by atoms with Gasteiger partial charge in [0.2, 0.25) is 0 Å². The topological polar surface area (TPSA) is 38.4 Å². The summed E-state index contributed by atoms with van der Waals surface area (Å²) in [5.74, 6) is 1.84. The maximum atomic E-state index is 5.87. The first kappa shape index (κ1) is 11.1. The average Bonchev–Trinajstić information content (AvgIpc) is 2.16. The van der Waals surface area contributed by atoms with Crippen molar-refractivity contribution in [1.82, 2.24) is 0 Å². The Balaban J connectivity index is 2.42. The van der Waals surface area contributed by atoms with Crippen molar-refractivity contribution in [3.05, 3.63) is 0 Å².